The van der Waals surface area contributed by atoms with Gasteiger partial charge in [0.2, 0.25) is 5.84 Å². The fourth-order valence-electron chi connectivity index (χ4n) is 2.45. The van der Waals surface area contributed by atoms with Crippen LogP contribution in [0.1, 0.15) is 29.9 Å². The Morgan fingerprint density at radius 3 is 2.41 bits per heavy atom. The minimum absolute atomic E-state index is 0.00286. The number of hydrogen-bond donors (Lipinski definition) is 4. The molecule has 4 N–H and O–H groups in total. The lowest BCUT2D eigenvalue weighted by Gasteiger charge is -2.13. The fourth-order valence-corrected chi connectivity index (χ4v) is 2.63. The van der Waals surface area contributed by atoms with Gasteiger partial charge in [-0.1, -0.05) is 52.2 Å². The first kappa shape index (κ1) is 26.5. The van der Waals surface area contributed by atoms with Crippen molar-refractivity contribution < 1.29 is 37.3 Å². The summed E-state index contributed by atoms with van der Waals surface area (Å²) in [6.45, 7) is 2.35. The van der Waals surface area contributed by atoms with Crippen LogP contribution in [0, 0.1) is 5.82 Å². The van der Waals surface area contributed by atoms with E-state index in [-0.39, 0.29) is 22.6 Å². The van der Waals surface area contributed by atoms with Crippen molar-refractivity contribution in [2.45, 2.75) is 25.7 Å². The third-order valence-corrected chi connectivity index (χ3v) is 4.47. The number of halogens is 5. The number of carbonyl (C=O) groups is 1. The van der Waals surface area contributed by atoms with Gasteiger partial charge in [0.15, 0.2) is 5.69 Å². The topological polar surface area (TPSA) is 133 Å². The van der Waals surface area contributed by atoms with E-state index in [1.165, 1.54) is 18.2 Å². The van der Waals surface area contributed by atoms with E-state index >= 15 is 0 Å². The van der Waals surface area contributed by atoms with Crippen molar-refractivity contribution in [1.29, 1.82) is 0 Å². The predicted octanol–water partition coefficient (Wildman–Crippen LogP) is 4.59. The molecule has 0 aliphatic carbocycles. The van der Waals surface area contributed by atoms with Gasteiger partial charge in [0.1, 0.15) is 11.5 Å². The average molecular weight is 504 g/mol. The quantitative estimate of drug-likeness (QED) is 0.126. The van der Waals surface area contributed by atoms with Crippen molar-refractivity contribution in [3.05, 3.63) is 76.3 Å². The summed E-state index contributed by atoms with van der Waals surface area (Å²) in [5, 5.41) is 33.4. The van der Waals surface area contributed by atoms with E-state index in [0.29, 0.717) is 17.9 Å². The average Bonchev–Trinajstić information content (AvgIpc) is 3.27. The Balaban J connectivity index is 0.000000509. The highest BCUT2D eigenvalue weighted by Crippen LogP contribution is 2.20. The molecule has 0 bridgehead atoms. The maximum absolute atomic E-state index is 13.3. The summed E-state index contributed by atoms with van der Waals surface area (Å²) in [5.41, 5.74) is 2.22. The monoisotopic (exact) mass is 503 g/mol. The van der Waals surface area contributed by atoms with Crippen LogP contribution in [-0.2, 0) is 11.3 Å². The first-order chi connectivity index (χ1) is 16.0. The second kappa shape index (κ2) is 12.0. The molecule has 0 spiro atoms. The molecule has 9 nitrogen and oxygen atoms in total. The Kier molecular flexibility index (Phi) is 9.33. The maximum atomic E-state index is 13.3. The number of amidine groups is 1. The highest BCUT2D eigenvalue weighted by molar-refractivity contribution is 6.31. The van der Waals surface area contributed by atoms with Gasteiger partial charge in [-0.2, -0.15) is 13.2 Å². The third-order valence-electron chi connectivity index (χ3n) is 4.18. The number of nitrogens with zero attached hydrogens (tertiary/aromatic N) is 3. The van der Waals surface area contributed by atoms with Gasteiger partial charge in [-0.05, 0) is 35.8 Å². The lowest BCUT2D eigenvalue weighted by molar-refractivity contribution is -0.192. The molecule has 1 aromatic heterocycles. The second-order valence-electron chi connectivity index (χ2n) is 6.58. The van der Waals surface area contributed by atoms with Crippen LogP contribution in [0.5, 0.6) is 0 Å². The molecule has 3 rings (SSSR count). The first-order valence-electron chi connectivity index (χ1n) is 9.37. The molecular weight excluding hydrogens is 486 g/mol. The molecule has 0 radical (unpaired) electrons. The summed E-state index contributed by atoms with van der Waals surface area (Å²) in [6, 6.07) is 14.0. The highest BCUT2D eigenvalue weighted by Gasteiger charge is 2.38. The largest absolute Gasteiger partial charge is 0.490 e. The molecule has 2 aromatic carbocycles. The fraction of sp³-hybridized carbons (Fsp3) is 0.200. The van der Waals surface area contributed by atoms with E-state index in [1.54, 1.807) is 0 Å². The normalized spacial score (nSPS) is 12.5. The first-order valence-corrected chi connectivity index (χ1v) is 9.75. The van der Waals surface area contributed by atoms with Gasteiger partial charge in [0, 0.05) is 18.3 Å². The van der Waals surface area contributed by atoms with Crippen LogP contribution in [0.25, 0.3) is 0 Å². The lowest BCUT2D eigenvalue weighted by atomic mass is 10.1. The van der Waals surface area contributed by atoms with Crippen molar-refractivity contribution in [2.24, 2.45) is 5.16 Å². The van der Waals surface area contributed by atoms with Gasteiger partial charge < -0.3 is 20.9 Å². The number of alkyl halides is 3. The number of aliphatic carboxylic acids is 1. The van der Waals surface area contributed by atoms with Gasteiger partial charge in [-0.25, -0.2) is 13.8 Å². The van der Waals surface area contributed by atoms with E-state index in [2.05, 4.69) is 26.1 Å². The smallest absolute Gasteiger partial charge is 0.475 e. The number of nitrogens with one attached hydrogen (secondary N) is 2. The summed E-state index contributed by atoms with van der Waals surface area (Å²) < 4.78 is 49.8. The van der Waals surface area contributed by atoms with Crippen LogP contribution < -0.4 is 10.6 Å². The molecule has 34 heavy (non-hydrogen) atoms. The summed E-state index contributed by atoms with van der Waals surface area (Å²) in [7, 11) is 0. The zero-order chi connectivity index (χ0) is 25.3. The van der Waals surface area contributed by atoms with E-state index in [4.69, 9.17) is 26.1 Å². The second-order valence-corrected chi connectivity index (χ2v) is 6.99. The van der Waals surface area contributed by atoms with E-state index in [0.717, 1.165) is 5.56 Å². The SMILES string of the molecule is C[C@@H](NCc1nonc1/C(=N\O)Nc1ccc(F)c(Cl)c1)c1ccccc1.O=C(O)C(F)(F)F. The molecule has 0 unspecified atom stereocenters. The van der Waals surface area contributed by atoms with Crippen LogP contribution in [0.4, 0.5) is 23.2 Å². The van der Waals surface area contributed by atoms with Crippen LogP contribution >= 0.6 is 11.6 Å². The maximum Gasteiger partial charge on any atom is 0.490 e. The van der Waals surface area contributed by atoms with E-state index < -0.39 is 18.0 Å². The van der Waals surface area contributed by atoms with Crippen molar-refractivity contribution in [3.63, 3.8) is 0 Å². The van der Waals surface area contributed by atoms with Crippen molar-refractivity contribution >= 4 is 29.1 Å². The summed E-state index contributed by atoms with van der Waals surface area (Å²) >= 11 is 5.77. The third kappa shape index (κ3) is 7.71. The van der Waals surface area contributed by atoms with Crippen molar-refractivity contribution in [3.8, 4) is 0 Å². The van der Waals surface area contributed by atoms with Crippen molar-refractivity contribution in [1.82, 2.24) is 15.6 Å². The number of rotatable bonds is 6. The molecule has 1 heterocycles. The Labute approximate surface area is 195 Å². The van der Waals surface area contributed by atoms with Gasteiger partial charge in [0.05, 0.1) is 5.02 Å². The molecule has 1 atom stereocenters. The Morgan fingerprint density at radius 2 is 1.85 bits per heavy atom. The van der Waals surface area contributed by atoms with Crippen LogP contribution in [-0.4, -0.2) is 38.6 Å². The zero-order valence-corrected chi connectivity index (χ0v) is 18.1. The molecule has 0 saturated carbocycles. The summed E-state index contributed by atoms with van der Waals surface area (Å²) in [6.07, 6.45) is -5.08. The van der Waals surface area contributed by atoms with Crippen LogP contribution in [0.2, 0.25) is 5.02 Å². The molecule has 14 heteroatoms. The molecule has 0 fully saturated rings. The Morgan fingerprint density at radius 1 is 1.21 bits per heavy atom. The van der Waals surface area contributed by atoms with Gasteiger partial charge in [0.25, 0.3) is 0 Å². The number of carboxylic acids is 1. The number of anilines is 1. The minimum Gasteiger partial charge on any atom is -0.475 e. The van der Waals surface area contributed by atoms with Gasteiger partial charge in [-0.3, -0.25) is 0 Å². The van der Waals surface area contributed by atoms with E-state index in [9.17, 15) is 22.8 Å². The molecule has 0 aliphatic rings. The van der Waals surface area contributed by atoms with Gasteiger partial charge in [-0.15, -0.1) is 0 Å². The minimum atomic E-state index is -5.08. The number of hydrogen-bond acceptors (Lipinski definition) is 7. The lowest BCUT2D eigenvalue weighted by Crippen LogP contribution is -2.22. The molecule has 3 aromatic rings. The van der Waals surface area contributed by atoms with Crippen LogP contribution in [0.3, 0.4) is 0 Å². The molecule has 0 aliphatic heterocycles. The summed E-state index contributed by atoms with van der Waals surface area (Å²) in [5.74, 6) is -3.30. The Bertz CT molecular complexity index is 1130. The van der Waals surface area contributed by atoms with Crippen LogP contribution in [0.15, 0.2) is 58.3 Å². The van der Waals surface area contributed by atoms with E-state index in [1.807, 2.05) is 37.3 Å². The zero-order valence-electron chi connectivity index (χ0n) is 17.3. The number of oxime groups is 1. The highest BCUT2D eigenvalue weighted by atomic mass is 35.5. The predicted molar refractivity (Wildman–Crippen MR) is 113 cm³/mol. The van der Waals surface area contributed by atoms with Crippen molar-refractivity contribution in [2.75, 3.05) is 5.32 Å². The standard InChI is InChI=1S/C18H17ClFN5O2.C2HF3O2/c1-11(12-5-3-2-4-6-12)21-10-16-17(25-27-24-16)18(23-26)22-13-7-8-15(20)14(19)9-13;3-2(4,5)1(6)7/h2-9,11,21,26H,10H2,1H3,(H,22,23);(H,6,7)/t11-;/m1./s1. The molecule has 182 valence electrons. The molecule has 0 saturated heterocycles. The number of carboxylic acid groups (broad SMARTS) is 1. The Hall–Kier alpha value is -3.71. The molecular formula is C20H18ClF4N5O4. The number of benzene rings is 2. The van der Waals surface area contributed by atoms with Gasteiger partial charge >= 0.3 is 12.1 Å². The summed E-state index contributed by atoms with van der Waals surface area (Å²) in [4.78, 5) is 8.90. The molecule has 0 amide bonds. The number of aromatic nitrogens is 2.